The summed E-state index contributed by atoms with van der Waals surface area (Å²) >= 11 is 0. The average Bonchev–Trinajstić information content (AvgIpc) is 3.58. The number of carbonyl (C=O) groups is 3. The minimum atomic E-state index is -1.07. The predicted octanol–water partition coefficient (Wildman–Crippen LogP) is 3.53. The van der Waals surface area contributed by atoms with Gasteiger partial charge in [0, 0.05) is 18.9 Å². The van der Waals surface area contributed by atoms with Crippen molar-refractivity contribution >= 4 is 18.0 Å². The second kappa shape index (κ2) is 9.42. The molecule has 0 bridgehead atoms. The lowest BCUT2D eigenvalue weighted by Crippen LogP contribution is -2.40. The van der Waals surface area contributed by atoms with Gasteiger partial charge in [-0.1, -0.05) is 48.5 Å². The number of benzene rings is 2. The number of hydrogen-bond acceptors (Lipinski definition) is 4. The monoisotopic (exact) mass is 436 g/mol. The van der Waals surface area contributed by atoms with Gasteiger partial charge < -0.3 is 20.5 Å². The Morgan fingerprint density at radius 2 is 1.62 bits per heavy atom. The van der Waals surface area contributed by atoms with E-state index in [1.165, 1.54) is 18.1 Å². The maximum atomic E-state index is 12.4. The number of rotatable bonds is 9. The van der Waals surface area contributed by atoms with E-state index in [9.17, 15) is 14.4 Å². The summed E-state index contributed by atoms with van der Waals surface area (Å²) in [7, 11) is 0. The van der Waals surface area contributed by atoms with E-state index in [-0.39, 0.29) is 30.8 Å². The van der Waals surface area contributed by atoms with Crippen LogP contribution in [0.2, 0.25) is 0 Å². The van der Waals surface area contributed by atoms with Crippen molar-refractivity contribution in [2.45, 2.75) is 38.1 Å². The number of hydrogen-bond donors (Lipinski definition) is 3. The number of fused-ring (bicyclic) bond motifs is 3. The number of alkyl carbamates (subject to hydrolysis) is 1. The topological polar surface area (TPSA) is 105 Å². The molecule has 2 aliphatic rings. The third-order valence-electron chi connectivity index (χ3n) is 6.34. The summed E-state index contributed by atoms with van der Waals surface area (Å²) in [6.07, 6.45) is 1.71. The Bertz CT molecular complexity index is 971. The highest BCUT2D eigenvalue weighted by atomic mass is 16.5. The summed E-state index contributed by atoms with van der Waals surface area (Å²) in [4.78, 5) is 35.5. The molecular formula is C25H28N2O5. The van der Waals surface area contributed by atoms with Gasteiger partial charge in [0.15, 0.2) is 0 Å². The molecule has 2 amide bonds. The van der Waals surface area contributed by atoms with Crippen molar-refractivity contribution in [3.05, 3.63) is 59.7 Å². The molecular weight excluding hydrogens is 408 g/mol. The minimum absolute atomic E-state index is 0.00402. The third-order valence-corrected chi connectivity index (χ3v) is 6.34. The Morgan fingerprint density at radius 1 is 1.03 bits per heavy atom. The summed E-state index contributed by atoms with van der Waals surface area (Å²) in [5.41, 5.74) is 4.66. The summed E-state index contributed by atoms with van der Waals surface area (Å²) in [6, 6.07) is 15.4. The Morgan fingerprint density at radius 3 is 2.19 bits per heavy atom. The molecule has 0 heterocycles. The van der Waals surface area contributed by atoms with Gasteiger partial charge in [-0.3, -0.25) is 9.59 Å². The molecule has 2 atom stereocenters. The first kappa shape index (κ1) is 21.9. The van der Waals surface area contributed by atoms with E-state index < -0.39 is 18.1 Å². The molecule has 0 aliphatic heterocycles. The van der Waals surface area contributed by atoms with Crippen molar-refractivity contribution < 1.29 is 24.2 Å². The molecule has 32 heavy (non-hydrogen) atoms. The van der Waals surface area contributed by atoms with Crippen LogP contribution >= 0.6 is 0 Å². The average molecular weight is 437 g/mol. The second-order valence-electron chi connectivity index (χ2n) is 8.64. The van der Waals surface area contributed by atoms with Gasteiger partial charge in [0.2, 0.25) is 5.91 Å². The smallest absolute Gasteiger partial charge is 0.407 e. The molecule has 0 saturated heterocycles. The van der Waals surface area contributed by atoms with Crippen LogP contribution in [0.25, 0.3) is 11.1 Å². The van der Waals surface area contributed by atoms with Gasteiger partial charge in [-0.25, -0.2) is 4.79 Å². The Hall–Kier alpha value is -3.35. The van der Waals surface area contributed by atoms with Crippen LogP contribution in [-0.2, 0) is 14.3 Å². The molecule has 168 valence electrons. The van der Waals surface area contributed by atoms with Gasteiger partial charge in [-0.05, 0) is 53.9 Å². The van der Waals surface area contributed by atoms with E-state index in [4.69, 9.17) is 9.84 Å². The molecule has 7 nitrogen and oxygen atoms in total. The van der Waals surface area contributed by atoms with Crippen molar-refractivity contribution in [2.24, 2.45) is 11.8 Å². The number of carbonyl (C=O) groups excluding carboxylic acids is 2. The highest BCUT2D eigenvalue weighted by Gasteiger charge is 2.34. The minimum Gasteiger partial charge on any atom is -0.480 e. The van der Waals surface area contributed by atoms with Gasteiger partial charge >= 0.3 is 12.1 Å². The highest BCUT2D eigenvalue weighted by Crippen LogP contribution is 2.44. The zero-order chi connectivity index (χ0) is 22.7. The number of nitrogens with one attached hydrogen (secondary N) is 2. The van der Waals surface area contributed by atoms with Crippen molar-refractivity contribution in [2.75, 3.05) is 13.2 Å². The molecule has 2 aromatic carbocycles. The summed E-state index contributed by atoms with van der Waals surface area (Å²) in [6.45, 7) is 2.00. The van der Waals surface area contributed by atoms with Crippen LogP contribution in [0.4, 0.5) is 4.79 Å². The molecule has 3 N–H and O–H groups in total. The van der Waals surface area contributed by atoms with E-state index in [0.29, 0.717) is 12.5 Å². The fourth-order valence-electron chi connectivity index (χ4n) is 4.44. The lowest BCUT2D eigenvalue weighted by Gasteiger charge is -2.19. The van der Waals surface area contributed by atoms with Crippen LogP contribution in [0, 0.1) is 11.8 Å². The van der Waals surface area contributed by atoms with Crippen LogP contribution in [0.1, 0.15) is 43.2 Å². The first-order valence-corrected chi connectivity index (χ1v) is 11.0. The summed E-state index contributed by atoms with van der Waals surface area (Å²) in [5, 5.41) is 14.2. The number of amides is 2. The molecule has 7 heteroatoms. The SMILES string of the molecule is CC(NC(=O)CC(CNC(=O)OCC1c2ccccc2-c2ccccc21)C1CC1)C(=O)O. The van der Waals surface area contributed by atoms with Crippen LogP contribution in [0.5, 0.6) is 0 Å². The van der Waals surface area contributed by atoms with Gasteiger partial charge in [-0.2, -0.15) is 0 Å². The Labute approximate surface area is 187 Å². The largest absolute Gasteiger partial charge is 0.480 e. The predicted molar refractivity (Wildman–Crippen MR) is 119 cm³/mol. The Balaban J connectivity index is 1.30. The maximum absolute atomic E-state index is 12.4. The first-order chi connectivity index (χ1) is 15.4. The van der Waals surface area contributed by atoms with E-state index in [2.05, 4.69) is 34.9 Å². The molecule has 1 saturated carbocycles. The van der Waals surface area contributed by atoms with Crippen molar-refractivity contribution in [1.82, 2.24) is 10.6 Å². The standard InChI is InChI=1S/C25H28N2O5/c1-15(24(29)30)27-23(28)12-17(16-10-11-16)13-26-25(31)32-14-22-20-8-4-2-6-18(20)19-7-3-5-9-21(19)22/h2-9,15-17,22H,10-14H2,1H3,(H,26,31)(H,27,28)(H,29,30). The van der Waals surface area contributed by atoms with Crippen LogP contribution in [0.15, 0.2) is 48.5 Å². The van der Waals surface area contributed by atoms with Gasteiger partial charge in [0.1, 0.15) is 12.6 Å². The van der Waals surface area contributed by atoms with Crippen LogP contribution in [0.3, 0.4) is 0 Å². The maximum Gasteiger partial charge on any atom is 0.407 e. The fourth-order valence-corrected chi connectivity index (χ4v) is 4.44. The molecule has 2 unspecified atom stereocenters. The zero-order valence-electron chi connectivity index (χ0n) is 18.0. The van der Waals surface area contributed by atoms with Crippen molar-refractivity contribution in [1.29, 1.82) is 0 Å². The normalized spacial score (nSPS) is 16.4. The molecule has 0 aromatic heterocycles. The first-order valence-electron chi connectivity index (χ1n) is 11.0. The third kappa shape index (κ3) is 4.93. The number of carboxylic acids is 1. The molecule has 0 spiro atoms. The van der Waals surface area contributed by atoms with E-state index >= 15 is 0 Å². The van der Waals surface area contributed by atoms with E-state index in [1.54, 1.807) is 0 Å². The van der Waals surface area contributed by atoms with Crippen molar-refractivity contribution in [3.63, 3.8) is 0 Å². The molecule has 1 fully saturated rings. The summed E-state index contributed by atoms with van der Waals surface area (Å²) in [5.74, 6) is -1.05. The van der Waals surface area contributed by atoms with E-state index in [0.717, 1.165) is 24.0 Å². The van der Waals surface area contributed by atoms with Gasteiger partial charge in [0.25, 0.3) is 0 Å². The van der Waals surface area contributed by atoms with Gasteiger partial charge in [0.05, 0.1) is 0 Å². The molecule has 4 rings (SSSR count). The van der Waals surface area contributed by atoms with E-state index in [1.807, 2.05) is 24.3 Å². The fraction of sp³-hybridized carbons (Fsp3) is 0.400. The van der Waals surface area contributed by atoms with Crippen LogP contribution < -0.4 is 10.6 Å². The lowest BCUT2D eigenvalue weighted by molar-refractivity contribution is -0.141. The summed E-state index contributed by atoms with van der Waals surface area (Å²) < 4.78 is 5.56. The lowest BCUT2D eigenvalue weighted by atomic mass is 9.98. The van der Waals surface area contributed by atoms with Gasteiger partial charge in [-0.15, -0.1) is 0 Å². The second-order valence-corrected chi connectivity index (χ2v) is 8.64. The highest BCUT2D eigenvalue weighted by molar-refractivity contribution is 5.83. The quantitative estimate of drug-likeness (QED) is 0.558. The molecule has 2 aromatic rings. The molecule has 2 aliphatic carbocycles. The number of ether oxygens (including phenoxy) is 1. The van der Waals surface area contributed by atoms with Crippen molar-refractivity contribution in [3.8, 4) is 11.1 Å². The number of carboxylic acid groups (broad SMARTS) is 1. The Kier molecular flexibility index (Phi) is 6.44. The van der Waals surface area contributed by atoms with Crippen LogP contribution in [-0.4, -0.2) is 42.3 Å². The molecule has 0 radical (unpaired) electrons. The zero-order valence-corrected chi connectivity index (χ0v) is 18.0. The number of aliphatic carboxylic acids is 1.